The first kappa shape index (κ1) is 22.0. The molecular formula is C26H25N5O2. The van der Waals surface area contributed by atoms with Gasteiger partial charge in [0.25, 0.3) is 5.91 Å². The van der Waals surface area contributed by atoms with Crippen LogP contribution in [0, 0.1) is 0 Å². The zero-order valence-electron chi connectivity index (χ0n) is 18.3. The highest BCUT2D eigenvalue weighted by molar-refractivity contribution is 5.97. The molecule has 2 unspecified atom stereocenters. The molecule has 0 aliphatic carbocycles. The summed E-state index contributed by atoms with van der Waals surface area (Å²) in [6.07, 6.45) is 3.50. The van der Waals surface area contributed by atoms with Crippen molar-refractivity contribution in [2.75, 3.05) is 0 Å². The van der Waals surface area contributed by atoms with Crippen LogP contribution >= 0.6 is 0 Å². The maximum atomic E-state index is 13.2. The lowest BCUT2D eigenvalue weighted by Crippen LogP contribution is -2.48. The summed E-state index contributed by atoms with van der Waals surface area (Å²) in [5, 5.41) is 10.1. The molecule has 2 amide bonds. The molecule has 4 aromatic rings. The fourth-order valence-corrected chi connectivity index (χ4v) is 3.54. The molecule has 2 atom stereocenters. The number of hydrogen-bond acceptors (Lipinski definition) is 4. The van der Waals surface area contributed by atoms with Gasteiger partial charge >= 0.3 is 0 Å². The second-order valence-corrected chi connectivity index (χ2v) is 7.74. The third kappa shape index (κ3) is 5.71. The lowest BCUT2D eigenvalue weighted by atomic mass is 10.0. The number of amides is 2. The van der Waals surface area contributed by atoms with Crippen LogP contribution in [0.5, 0.6) is 0 Å². The minimum absolute atomic E-state index is 0.240. The lowest BCUT2D eigenvalue weighted by Gasteiger charge is -2.22. The highest BCUT2D eigenvalue weighted by Crippen LogP contribution is 2.16. The van der Waals surface area contributed by atoms with Crippen molar-refractivity contribution < 1.29 is 9.59 Å². The minimum atomic E-state index is -0.711. The maximum Gasteiger partial charge on any atom is 0.251 e. The van der Waals surface area contributed by atoms with Gasteiger partial charge in [0.2, 0.25) is 5.91 Å². The van der Waals surface area contributed by atoms with Crippen molar-refractivity contribution in [3.05, 3.63) is 114 Å². The van der Waals surface area contributed by atoms with E-state index in [1.807, 2.05) is 67.6 Å². The number of hydrogen-bond donors (Lipinski definition) is 2. The molecule has 0 radical (unpaired) electrons. The Bertz CT molecular complexity index is 1180. The lowest BCUT2D eigenvalue weighted by molar-refractivity contribution is -0.123. The molecule has 0 aliphatic heterocycles. The van der Waals surface area contributed by atoms with E-state index in [9.17, 15) is 9.59 Å². The van der Waals surface area contributed by atoms with E-state index in [4.69, 9.17) is 0 Å². The van der Waals surface area contributed by atoms with Gasteiger partial charge in [-0.15, -0.1) is 0 Å². The molecule has 0 aliphatic rings. The van der Waals surface area contributed by atoms with Crippen molar-refractivity contribution in [2.45, 2.75) is 25.4 Å². The fourth-order valence-electron chi connectivity index (χ4n) is 3.54. The quantitative estimate of drug-likeness (QED) is 0.440. The Morgan fingerprint density at radius 2 is 1.55 bits per heavy atom. The number of carbonyl (C=O) groups excluding carboxylic acids is 2. The summed E-state index contributed by atoms with van der Waals surface area (Å²) in [5.41, 5.74) is 3.31. The molecule has 33 heavy (non-hydrogen) atoms. The van der Waals surface area contributed by atoms with E-state index >= 15 is 0 Å². The van der Waals surface area contributed by atoms with E-state index in [1.54, 1.807) is 35.3 Å². The number of benzene rings is 3. The van der Waals surface area contributed by atoms with E-state index in [1.165, 1.54) is 6.33 Å². The molecule has 0 saturated carbocycles. The number of nitrogens with one attached hydrogen (secondary N) is 2. The van der Waals surface area contributed by atoms with E-state index in [2.05, 4.69) is 20.7 Å². The first-order valence-electron chi connectivity index (χ1n) is 10.8. The van der Waals surface area contributed by atoms with Crippen LogP contribution in [0.25, 0.3) is 5.69 Å². The Kier molecular flexibility index (Phi) is 6.90. The Morgan fingerprint density at radius 1 is 0.879 bits per heavy atom. The Balaban J connectivity index is 1.47. The molecule has 1 heterocycles. The summed E-state index contributed by atoms with van der Waals surface area (Å²) in [7, 11) is 0. The van der Waals surface area contributed by atoms with Crippen LogP contribution in [0.1, 0.15) is 34.5 Å². The average molecular weight is 440 g/mol. The highest BCUT2D eigenvalue weighted by atomic mass is 16.2. The Morgan fingerprint density at radius 3 is 2.18 bits per heavy atom. The molecule has 0 saturated heterocycles. The fraction of sp³-hybridized carbons (Fsp3) is 0.154. The first-order valence-corrected chi connectivity index (χ1v) is 10.8. The number of rotatable bonds is 8. The summed E-state index contributed by atoms with van der Waals surface area (Å²) < 4.78 is 1.67. The molecule has 166 valence electrons. The standard InChI is InChI=1S/C26H25N5O2/c1-19(21-12-14-23(15-13-21)31-18-27-17-28-31)29-26(33)24(16-20-8-4-2-5-9-20)30-25(32)22-10-6-3-7-11-22/h2-15,17-19,24H,16H2,1H3,(H,29,33)(H,30,32). The number of nitrogens with zero attached hydrogens (tertiary/aromatic N) is 3. The van der Waals surface area contributed by atoms with Gasteiger partial charge in [-0.05, 0) is 42.3 Å². The third-order valence-electron chi connectivity index (χ3n) is 5.38. The van der Waals surface area contributed by atoms with Crippen LogP contribution in [0.4, 0.5) is 0 Å². The maximum absolute atomic E-state index is 13.2. The molecule has 1 aromatic heterocycles. The normalized spacial score (nSPS) is 12.5. The summed E-state index contributed by atoms with van der Waals surface area (Å²) >= 11 is 0. The highest BCUT2D eigenvalue weighted by Gasteiger charge is 2.23. The zero-order chi connectivity index (χ0) is 23.0. The molecular weight excluding hydrogens is 414 g/mol. The van der Waals surface area contributed by atoms with Crippen LogP contribution in [0.2, 0.25) is 0 Å². The van der Waals surface area contributed by atoms with Gasteiger partial charge in [-0.3, -0.25) is 9.59 Å². The zero-order valence-corrected chi connectivity index (χ0v) is 18.3. The predicted octanol–water partition coefficient (Wildman–Crippen LogP) is 3.49. The molecule has 0 bridgehead atoms. The van der Waals surface area contributed by atoms with Crippen LogP contribution in [-0.2, 0) is 11.2 Å². The number of aromatic nitrogens is 3. The smallest absolute Gasteiger partial charge is 0.251 e. The van der Waals surface area contributed by atoms with Gasteiger partial charge in [0.1, 0.15) is 18.7 Å². The van der Waals surface area contributed by atoms with Crippen molar-refractivity contribution in [1.29, 1.82) is 0 Å². The summed E-state index contributed by atoms with van der Waals surface area (Å²) in [4.78, 5) is 29.9. The van der Waals surface area contributed by atoms with Crippen molar-refractivity contribution in [1.82, 2.24) is 25.4 Å². The molecule has 0 fully saturated rings. The van der Waals surface area contributed by atoms with Crippen LogP contribution in [0.15, 0.2) is 97.6 Å². The van der Waals surface area contributed by atoms with Gasteiger partial charge in [0.15, 0.2) is 0 Å². The SMILES string of the molecule is CC(NC(=O)C(Cc1ccccc1)NC(=O)c1ccccc1)c1ccc(-n2cncn2)cc1. The molecule has 7 nitrogen and oxygen atoms in total. The monoisotopic (exact) mass is 439 g/mol. The van der Waals surface area contributed by atoms with Crippen LogP contribution < -0.4 is 10.6 Å². The van der Waals surface area contributed by atoms with Gasteiger partial charge in [-0.25, -0.2) is 9.67 Å². The first-order chi connectivity index (χ1) is 16.1. The van der Waals surface area contributed by atoms with Crippen molar-refractivity contribution in [2.24, 2.45) is 0 Å². The molecule has 7 heteroatoms. The largest absolute Gasteiger partial charge is 0.348 e. The molecule has 0 spiro atoms. The second kappa shape index (κ2) is 10.4. The van der Waals surface area contributed by atoms with E-state index in [0.29, 0.717) is 12.0 Å². The Labute approximate surface area is 192 Å². The van der Waals surface area contributed by atoms with Crippen molar-refractivity contribution in [3.63, 3.8) is 0 Å². The molecule has 3 aromatic carbocycles. The van der Waals surface area contributed by atoms with Crippen molar-refractivity contribution >= 4 is 11.8 Å². The molecule has 2 N–H and O–H groups in total. The van der Waals surface area contributed by atoms with E-state index < -0.39 is 6.04 Å². The van der Waals surface area contributed by atoms with Gasteiger partial charge in [0.05, 0.1) is 11.7 Å². The Hall–Kier alpha value is -4.26. The van der Waals surface area contributed by atoms with Gasteiger partial charge in [-0.2, -0.15) is 5.10 Å². The summed E-state index contributed by atoms with van der Waals surface area (Å²) in [5.74, 6) is -0.521. The van der Waals surface area contributed by atoms with Gasteiger partial charge in [-0.1, -0.05) is 60.7 Å². The molecule has 4 rings (SSSR count). The van der Waals surface area contributed by atoms with Gasteiger partial charge in [0, 0.05) is 12.0 Å². The summed E-state index contributed by atoms with van der Waals surface area (Å²) in [6, 6.07) is 25.3. The second-order valence-electron chi connectivity index (χ2n) is 7.74. The van der Waals surface area contributed by atoms with Crippen LogP contribution in [0.3, 0.4) is 0 Å². The topological polar surface area (TPSA) is 88.9 Å². The van der Waals surface area contributed by atoms with Crippen LogP contribution in [-0.4, -0.2) is 32.6 Å². The van der Waals surface area contributed by atoms with E-state index in [0.717, 1.165) is 16.8 Å². The van der Waals surface area contributed by atoms with E-state index in [-0.39, 0.29) is 17.9 Å². The predicted molar refractivity (Wildman–Crippen MR) is 126 cm³/mol. The third-order valence-corrected chi connectivity index (χ3v) is 5.38. The van der Waals surface area contributed by atoms with Crippen molar-refractivity contribution in [3.8, 4) is 5.69 Å². The average Bonchev–Trinajstić information content (AvgIpc) is 3.40. The minimum Gasteiger partial charge on any atom is -0.348 e. The summed E-state index contributed by atoms with van der Waals surface area (Å²) in [6.45, 7) is 1.92. The number of carbonyl (C=O) groups is 2. The van der Waals surface area contributed by atoms with Gasteiger partial charge < -0.3 is 10.6 Å².